The summed E-state index contributed by atoms with van der Waals surface area (Å²) in [6.45, 7) is 3.08. The minimum absolute atomic E-state index is 0.0216. The van der Waals surface area contributed by atoms with E-state index in [9.17, 15) is 4.79 Å². The van der Waals surface area contributed by atoms with Crippen LogP contribution >= 0.6 is 0 Å². The number of carbonyl (C=O) groups is 1. The molecule has 4 N–H and O–H groups in total. The molecule has 1 aliphatic heterocycles. The van der Waals surface area contributed by atoms with Gasteiger partial charge < -0.3 is 16.4 Å². The average molecular weight is 310 g/mol. The summed E-state index contributed by atoms with van der Waals surface area (Å²) < 4.78 is 0. The summed E-state index contributed by atoms with van der Waals surface area (Å²) in [7, 11) is 0. The number of pyridine rings is 1. The molecule has 1 amide bonds. The van der Waals surface area contributed by atoms with Gasteiger partial charge in [0.2, 0.25) is 0 Å². The van der Waals surface area contributed by atoms with Gasteiger partial charge in [0, 0.05) is 42.2 Å². The topological polar surface area (TPSA) is 85.2 Å². The van der Waals surface area contributed by atoms with Crippen LogP contribution in [0.1, 0.15) is 40.4 Å². The van der Waals surface area contributed by atoms with E-state index in [4.69, 9.17) is 16.5 Å². The van der Waals surface area contributed by atoms with E-state index >= 15 is 0 Å². The maximum atomic E-state index is 13.0. The van der Waals surface area contributed by atoms with E-state index < -0.39 is 0 Å². The quantitative estimate of drug-likeness (QED) is 0.881. The first-order valence-corrected chi connectivity index (χ1v) is 8.24. The molecule has 2 atom stereocenters. The number of likely N-dealkylation sites (tertiary alicyclic amines) is 1. The van der Waals surface area contributed by atoms with Crippen LogP contribution in [0.15, 0.2) is 24.3 Å². The van der Waals surface area contributed by atoms with Gasteiger partial charge in [-0.1, -0.05) is 11.6 Å². The van der Waals surface area contributed by atoms with E-state index in [1.807, 2.05) is 31.2 Å². The molecule has 2 aliphatic rings. The lowest BCUT2D eigenvalue weighted by Gasteiger charge is -2.18. The van der Waals surface area contributed by atoms with Crippen LogP contribution in [0.25, 0.3) is 10.9 Å². The summed E-state index contributed by atoms with van der Waals surface area (Å²) in [5.74, 6) is 0.531. The number of amides is 1. The first-order chi connectivity index (χ1) is 11.0. The van der Waals surface area contributed by atoms with E-state index in [1.54, 1.807) is 4.90 Å². The van der Waals surface area contributed by atoms with Gasteiger partial charge in [0.15, 0.2) is 0 Å². The molecule has 5 heteroatoms. The lowest BCUT2D eigenvalue weighted by Crippen LogP contribution is -2.39. The predicted molar refractivity (Wildman–Crippen MR) is 90.3 cm³/mol. The summed E-state index contributed by atoms with van der Waals surface area (Å²) in [6.07, 6.45) is 2.33. The Morgan fingerprint density at radius 2 is 1.87 bits per heavy atom. The number of hydrogen-bond donors (Lipinski definition) is 2. The van der Waals surface area contributed by atoms with Crippen molar-refractivity contribution in [1.82, 2.24) is 9.88 Å². The lowest BCUT2D eigenvalue weighted by molar-refractivity contribution is 0.0791. The fourth-order valence-corrected chi connectivity index (χ4v) is 3.32. The molecule has 2 fully saturated rings. The third-order valence-corrected chi connectivity index (χ3v) is 4.91. The molecular formula is C18H22N4O. The number of carbonyl (C=O) groups excluding carboxylic acids is 1. The zero-order chi connectivity index (χ0) is 16.1. The number of nitrogens with two attached hydrogens (primary N) is 2. The minimum atomic E-state index is -0.142. The Labute approximate surface area is 135 Å². The Balaban J connectivity index is 1.80. The Kier molecular flexibility index (Phi) is 3.36. The van der Waals surface area contributed by atoms with Gasteiger partial charge in [0.25, 0.3) is 5.91 Å². The zero-order valence-corrected chi connectivity index (χ0v) is 13.3. The molecule has 1 saturated heterocycles. The standard InChI is InChI=1S/C18H22N4O/c1-10-2-5-16-12(6-10)13(7-17(21-16)11-3-4-11)18(23)22-8-14(19)15(20)9-22/h2,5-7,11,14-15H,3-4,8-9,19-20H2,1H3/t14-,15-/m1/s1. The van der Waals surface area contributed by atoms with E-state index in [1.165, 1.54) is 0 Å². The van der Waals surface area contributed by atoms with Crippen molar-refractivity contribution in [2.24, 2.45) is 11.5 Å². The van der Waals surface area contributed by atoms with Crippen molar-refractivity contribution in [3.8, 4) is 0 Å². The first kappa shape index (κ1) is 14.6. The molecular weight excluding hydrogens is 288 g/mol. The van der Waals surface area contributed by atoms with Crippen LogP contribution in [0.4, 0.5) is 0 Å². The van der Waals surface area contributed by atoms with Crippen molar-refractivity contribution < 1.29 is 4.79 Å². The van der Waals surface area contributed by atoms with Crippen LogP contribution in [-0.4, -0.2) is 41.0 Å². The van der Waals surface area contributed by atoms with Gasteiger partial charge >= 0.3 is 0 Å². The van der Waals surface area contributed by atoms with Gasteiger partial charge in [-0.05, 0) is 38.0 Å². The Bertz CT molecular complexity index is 774. The van der Waals surface area contributed by atoms with Crippen LogP contribution in [0, 0.1) is 6.92 Å². The maximum Gasteiger partial charge on any atom is 0.254 e. The number of nitrogens with zero attached hydrogens (tertiary/aromatic N) is 2. The number of rotatable bonds is 2. The highest BCUT2D eigenvalue weighted by Crippen LogP contribution is 2.40. The summed E-state index contributed by atoms with van der Waals surface area (Å²) in [6, 6.07) is 7.80. The number of hydrogen-bond acceptors (Lipinski definition) is 4. The van der Waals surface area contributed by atoms with E-state index in [0.29, 0.717) is 19.0 Å². The molecule has 1 aromatic carbocycles. The van der Waals surface area contributed by atoms with Crippen molar-refractivity contribution in [3.63, 3.8) is 0 Å². The van der Waals surface area contributed by atoms with E-state index in [2.05, 4.69) is 0 Å². The predicted octanol–water partition coefficient (Wildman–Crippen LogP) is 1.53. The molecule has 1 saturated carbocycles. The van der Waals surface area contributed by atoms with Gasteiger partial charge in [-0.3, -0.25) is 9.78 Å². The van der Waals surface area contributed by atoms with Crippen molar-refractivity contribution in [1.29, 1.82) is 0 Å². The molecule has 0 spiro atoms. The molecule has 23 heavy (non-hydrogen) atoms. The van der Waals surface area contributed by atoms with Crippen LogP contribution in [0.5, 0.6) is 0 Å². The second kappa shape index (κ2) is 5.28. The molecule has 120 valence electrons. The summed E-state index contributed by atoms with van der Waals surface area (Å²) in [4.78, 5) is 19.6. The smallest absolute Gasteiger partial charge is 0.254 e. The second-order valence-corrected chi connectivity index (χ2v) is 6.93. The molecule has 2 aromatic rings. The first-order valence-electron chi connectivity index (χ1n) is 8.24. The Morgan fingerprint density at radius 3 is 2.52 bits per heavy atom. The van der Waals surface area contributed by atoms with Crippen molar-refractivity contribution in [3.05, 3.63) is 41.1 Å². The molecule has 0 bridgehead atoms. The maximum absolute atomic E-state index is 13.0. The van der Waals surface area contributed by atoms with E-state index in [0.717, 1.165) is 40.6 Å². The van der Waals surface area contributed by atoms with Crippen LogP contribution in [0.3, 0.4) is 0 Å². The summed E-state index contributed by atoms with van der Waals surface area (Å²) >= 11 is 0. The third-order valence-electron chi connectivity index (χ3n) is 4.91. The highest BCUT2D eigenvalue weighted by molar-refractivity contribution is 6.06. The fraction of sp³-hybridized carbons (Fsp3) is 0.444. The zero-order valence-electron chi connectivity index (χ0n) is 13.3. The van der Waals surface area contributed by atoms with Crippen molar-refractivity contribution in [2.45, 2.75) is 37.8 Å². The second-order valence-electron chi connectivity index (χ2n) is 6.93. The van der Waals surface area contributed by atoms with Gasteiger partial charge in [-0.2, -0.15) is 0 Å². The van der Waals surface area contributed by atoms with Gasteiger partial charge in [0.1, 0.15) is 0 Å². The molecule has 0 unspecified atom stereocenters. The van der Waals surface area contributed by atoms with Crippen molar-refractivity contribution in [2.75, 3.05) is 13.1 Å². The number of aromatic nitrogens is 1. The highest BCUT2D eigenvalue weighted by atomic mass is 16.2. The summed E-state index contributed by atoms with van der Waals surface area (Å²) in [5.41, 5.74) is 15.8. The van der Waals surface area contributed by atoms with Crippen LogP contribution < -0.4 is 11.5 Å². The number of aryl methyl sites for hydroxylation is 1. The molecule has 1 aliphatic carbocycles. The Hall–Kier alpha value is -1.98. The lowest BCUT2D eigenvalue weighted by atomic mass is 10.0. The monoisotopic (exact) mass is 310 g/mol. The van der Waals surface area contributed by atoms with Gasteiger partial charge in [0.05, 0.1) is 11.1 Å². The summed E-state index contributed by atoms with van der Waals surface area (Å²) in [5, 5.41) is 0.924. The van der Waals surface area contributed by atoms with Crippen LogP contribution in [0.2, 0.25) is 0 Å². The molecule has 2 heterocycles. The normalized spacial score (nSPS) is 24.4. The largest absolute Gasteiger partial charge is 0.335 e. The number of benzene rings is 1. The highest BCUT2D eigenvalue weighted by Gasteiger charge is 2.33. The molecule has 0 radical (unpaired) electrons. The molecule has 5 nitrogen and oxygen atoms in total. The van der Waals surface area contributed by atoms with Crippen molar-refractivity contribution >= 4 is 16.8 Å². The Morgan fingerprint density at radius 1 is 1.17 bits per heavy atom. The van der Waals surface area contributed by atoms with E-state index in [-0.39, 0.29) is 18.0 Å². The number of fused-ring (bicyclic) bond motifs is 1. The molecule has 1 aromatic heterocycles. The van der Waals surface area contributed by atoms with Gasteiger partial charge in [-0.15, -0.1) is 0 Å². The molecule has 4 rings (SSSR count). The fourth-order valence-electron chi connectivity index (χ4n) is 3.32. The average Bonchev–Trinajstić information content (AvgIpc) is 3.32. The SMILES string of the molecule is Cc1ccc2nc(C3CC3)cc(C(=O)N3C[C@@H](N)[C@H](N)C3)c2c1. The third kappa shape index (κ3) is 2.60. The van der Waals surface area contributed by atoms with Crippen LogP contribution in [-0.2, 0) is 0 Å². The van der Waals surface area contributed by atoms with Gasteiger partial charge in [-0.25, -0.2) is 0 Å². The minimum Gasteiger partial charge on any atom is -0.335 e.